The van der Waals surface area contributed by atoms with Crippen LogP contribution in [0.1, 0.15) is 54.0 Å². The standard InChI is InChI=1S/C24H26N4O/c1-14-11-26-24-19(14)9-17(12-27-24)15-7-16-10-23(29)28(18-4-5-18)13-21(16)20(8-15)22-3-2-6-25-22/h7-9,11-12,18,22,25H,2-6,10,13H2,1H3,(H,26,27)/t22-/m0/s1. The van der Waals surface area contributed by atoms with Crippen LogP contribution in [0.4, 0.5) is 0 Å². The number of carbonyl (C=O) groups excluding carboxylic acids is 1. The average Bonchev–Trinajstić information content (AvgIpc) is 3.29. The Morgan fingerprint density at radius 2 is 2.03 bits per heavy atom. The summed E-state index contributed by atoms with van der Waals surface area (Å²) in [5.41, 5.74) is 8.41. The smallest absolute Gasteiger partial charge is 0.227 e. The van der Waals surface area contributed by atoms with Gasteiger partial charge < -0.3 is 15.2 Å². The molecule has 1 aromatic carbocycles. The van der Waals surface area contributed by atoms with Crippen molar-refractivity contribution in [3.63, 3.8) is 0 Å². The first kappa shape index (κ1) is 17.2. The lowest BCUT2D eigenvalue weighted by atomic mass is 9.86. The summed E-state index contributed by atoms with van der Waals surface area (Å²) in [6.45, 7) is 3.96. The van der Waals surface area contributed by atoms with Crippen LogP contribution in [0, 0.1) is 6.92 Å². The van der Waals surface area contributed by atoms with Crippen LogP contribution in [0.25, 0.3) is 22.2 Å². The fourth-order valence-corrected chi connectivity index (χ4v) is 5.07. The third-order valence-corrected chi connectivity index (χ3v) is 6.86. The van der Waals surface area contributed by atoms with Gasteiger partial charge in [0, 0.05) is 42.0 Å². The molecule has 5 nitrogen and oxygen atoms in total. The Balaban J connectivity index is 1.49. The lowest BCUT2D eigenvalue weighted by Gasteiger charge is -2.32. The number of carbonyl (C=O) groups is 1. The Labute approximate surface area is 170 Å². The largest absolute Gasteiger partial charge is 0.346 e. The van der Waals surface area contributed by atoms with Gasteiger partial charge in [-0.3, -0.25) is 4.79 Å². The van der Waals surface area contributed by atoms with Gasteiger partial charge in [-0.1, -0.05) is 6.07 Å². The summed E-state index contributed by atoms with van der Waals surface area (Å²) in [7, 11) is 0. The average molecular weight is 386 g/mol. The van der Waals surface area contributed by atoms with Crippen molar-refractivity contribution in [1.82, 2.24) is 20.2 Å². The number of H-pyrrole nitrogens is 1. The van der Waals surface area contributed by atoms with Crippen molar-refractivity contribution in [2.24, 2.45) is 0 Å². The van der Waals surface area contributed by atoms with Crippen molar-refractivity contribution in [2.45, 2.75) is 57.7 Å². The summed E-state index contributed by atoms with van der Waals surface area (Å²) < 4.78 is 0. The number of fused-ring (bicyclic) bond motifs is 2. The molecule has 0 bridgehead atoms. The highest BCUT2D eigenvalue weighted by Gasteiger charge is 2.37. The highest BCUT2D eigenvalue weighted by atomic mass is 16.2. The van der Waals surface area contributed by atoms with Crippen LogP contribution in [-0.2, 0) is 17.8 Å². The van der Waals surface area contributed by atoms with Gasteiger partial charge in [0.05, 0.1) is 6.42 Å². The van der Waals surface area contributed by atoms with Crippen LogP contribution in [-0.4, -0.2) is 33.4 Å². The summed E-state index contributed by atoms with van der Waals surface area (Å²) in [6.07, 6.45) is 9.20. The fraction of sp³-hybridized carbons (Fsp3) is 0.417. The summed E-state index contributed by atoms with van der Waals surface area (Å²) in [6, 6.07) is 7.68. The van der Waals surface area contributed by atoms with E-state index in [2.05, 4.69) is 45.3 Å². The lowest BCUT2D eigenvalue weighted by molar-refractivity contribution is -0.132. The molecule has 1 amide bonds. The van der Waals surface area contributed by atoms with E-state index in [1.807, 2.05) is 12.4 Å². The molecule has 2 aromatic heterocycles. The maximum atomic E-state index is 12.8. The molecule has 1 atom stereocenters. The van der Waals surface area contributed by atoms with Crippen LogP contribution >= 0.6 is 0 Å². The van der Waals surface area contributed by atoms with Gasteiger partial charge in [0.1, 0.15) is 5.65 Å². The molecular weight excluding hydrogens is 360 g/mol. The molecule has 0 radical (unpaired) electrons. The molecular formula is C24H26N4O. The van der Waals surface area contributed by atoms with Crippen molar-refractivity contribution >= 4 is 16.9 Å². The van der Waals surface area contributed by atoms with Gasteiger partial charge in [0.2, 0.25) is 5.91 Å². The number of aromatic amines is 1. The number of nitrogens with one attached hydrogen (secondary N) is 2. The van der Waals surface area contributed by atoms with Crippen LogP contribution in [0.3, 0.4) is 0 Å². The molecule has 2 fully saturated rings. The zero-order valence-corrected chi connectivity index (χ0v) is 16.8. The first-order chi connectivity index (χ1) is 14.2. The molecule has 4 heterocycles. The minimum atomic E-state index is 0.289. The maximum absolute atomic E-state index is 12.8. The van der Waals surface area contributed by atoms with E-state index in [0.717, 1.165) is 42.5 Å². The van der Waals surface area contributed by atoms with Crippen molar-refractivity contribution in [3.8, 4) is 11.1 Å². The van der Waals surface area contributed by atoms with Crippen molar-refractivity contribution in [2.75, 3.05) is 6.54 Å². The minimum Gasteiger partial charge on any atom is -0.346 e. The van der Waals surface area contributed by atoms with Gasteiger partial charge in [0.25, 0.3) is 0 Å². The number of aromatic nitrogens is 2. The number of nitrogens with zero attached hydrogens (tertiary/aromatic N) is 2. The molecule has 3 aromatic rings. The number of benzene rings is 1. The number of hydrogen-bond donors (Lipinski definition) is 2. The molecule has 3 aliphatic rings. The van der Waals surface area contributed by atoms with Gasteiger partial charge in [-0.25, -0.2) is 4.98 Å². The molecule has 29 heavy (non-hydrogen) atoms. The molecule has 5 heteroatoms. The van der Waals surface area contributed by atoms with Crippen molar-refractivity contribution < 1.29 is 4.79 Å². The molecule has 0 spiro atoms. The van der Waals surface area contributed by atoms with E-state index in [-0.39, 0.29) is 5.91 Å². The number of hydrogen-bond acceptors (Lipinski definition) is 3. The fourth-order valence-electron chi connectivity index (χ4n) is 5.07. The molecule has 2 N–H and O–H groups in total. The molecule has 148 valence electrons. The van der Waals surface area contributed by atoms with Gasteiger partial charge >= 0.3 is 0 Å². The van der Waals surface area contributed by atoms with Crippen molar-refractivity contribution in [3.05, 3.63) is 52.8 Å². The van der Waals surface area contributed by atoms with Gasteiger partial charge in [0.15, 0.2) is 0 Å². The Hall–Kier alpha value is -2.66. The topological polar surface area (TPSA) is 61.0 Å². The van der Waals surface area contributed by atoms with E-state index in [4.69, 9.17) is 0 Å². The summed E-state index contributed by atoms with van der Waals surface area (Å²) in [5, 5.41) is 4.85. The second-order valence-corrected chi connectivity index (χ2v) is 8.87. The molecule has 6 rings (SSSR count). The number of aryl methyl sites for hydroxylation is 1. The highest BCUT2D eigenvalue weighted by molar-refractivity contribution is 5.86. The van der Waals surface area contributed by atoms with Crippen LogP contribution in [0.15, 0.2) is 30.6 Å². The predicted molar refractivity (Wildman–Crippen MR) is 114 cm³/mol. The van der Waals surface area contributed by atoms with Crippen LogP contribution < -0.4 is 5.32 Å². The van der Waals surface area contributed by atoms with Gasteiger partial charge in [-0.15, -0.1) is 0 Å². The van der Waals surface area contributed by atoms with Gasteiger partial charge in [-0.2, -0.15) is 0 Å². The monoisotopic (exact) mass is 386 g/mol. The molecule has 1 aliphatic carbocycles. The molecule has 1 saturated carbocycles. The number of rotatable bonds is 3. The number of amides is 1. The Bertz CT molecular complexity index is 1120. The summed E-state index contributed by atoms with van der Waals surface area (Å²) in [4.78, 5) is 22.8. The maximum Gasteiger partial charge on any atom is 0.227 e. The Morgan fingerprint density at radius 3 is 2.83 bits per heavy atom. The Morgan fingerprint density at radius 1 is 1.14 bits per heavy atom. The van der Waals surface area contributed by atoms with E-state index < -0.39 is 0 Å². The van der Waals surface area contributed by atoms with E-state index in [0.29, 0.717) is 18.5 Å². The number of pyridine rings is 1. The first-order valence-corrected chi connectivity index (χ1v) is 10.8. The van der Waals surface area contributed by atoms with Crippen LogP contribution in [0.5, 0.6) is 0 Å². The third-order valence-electron chi connectivity index (χ3n) is 6.86. The molecule has 1 saturated heterocycles. The highest BCUT2D eigenvalue weighted by Crippen LogP contribution is 2.39. The normalized spacial score (nSPS) is 21.8. The summed E-state index contributed by atoms with van der Waals surface area (Å²) in [5.74, 6) is 0.289. The molecule has 0 unspecified atom stereocenters. The Kier molecular flexibility index (Phi) is 3.81. The molecule has 2 aliphatic heterocycles. The second kappa shape index (κ2) is 6.42. The minimum absolute atomic E-state index is 0.289. The lowest BCUT2D eigenvalue weighted by Crippen LogP contribution is -2.38. The SMILES string of the molecule is Cc1c[nH]c2ncc(-c3cc4c(c([C@@H]5CCCN5)c3)CN(C3CC3)C(=O)C4)cc12. The van der Waals surface area contributed by atoms with E-state index in [1.54, 1.807) is 0 Å². The summed E-state index contributed by atoms with van der Waals surface area (Å²) >= 11 is 0. The van der Waals surface area contributed by atoms with Crippen molar-refractivity contribution in [1.29, 1.82) is 0 Å². The third kappa shape index (κ3) is 2.87. The zero-order valence-electron chi connectivity index (χ0n) is 16.8. The quantitative estimate of drug-likeness (QED) is 0.715. The van der Waals surface area contributed by atoms with Crippen LogP contribution in [0.2, 0.25) is 0 Å². The van der Waals surface area contributed by atoms with E-state index >= 15 is 0 Å². The van der Waals surface area contributed by atoms with Gasteiger partial charge in [-0.05, 0) is 79.1 Å². The predicted octanol–water partition coefficient (Wildman–Crippen LogP) is 4.01. The first-order valence-electron chi connectivity index (χ1n) is 10.8. The van der Waals surface area contributed by atoms with E-state index in [1.165, 1.54) is 40.7 Å². The zero-order chi connectivity index (χ0) is 19.5. The second-order valence-electron chi connectivity index (χ2n) is 8.87. The van der Waals surface area contributed by atoms with E-state index in [9.17, 15) is 4.79 Å².